The van der Waals surface area contributed by atoms with Crippen LogP contribution < -0.4 is 11.1 Å². The summed E-state index contributed by atoms with van der Waals surface area (Å²) >= 11 is 2.22. The zero-order chi connectivity index (χ0) is 14.6. The standard InChI is InChI=1S/C15H23IN2O/c1-10(2)8-15(4,9-17)18-14(19)12-7-5-6-11(3)13(12)16/h5-7,10H,8-9,17H2,1-4H3,(H,18,19). The third-order valence-electron chi connectivity index (χ3n) is 3.16. The lowest BCUT2D eigenvalue weighted by molar-refractivity contribution is 0.0897. The molecule has 106 valence electrons. The van der Waals surface area contributed by atoms with E-state index in [4.69, 9.17) is 5.73 Å². The van der Waals surface area contributed by atoms with E-state index in [0.29, 0.717) is 12.5 Å². The van der Waals surface area contributed by atoms with Gasteiger partial charge in [-0.1, -0.05) is 26.0 Å². The minimum Gasteiger partial charge on any atom is -0.346 e. The van der Waals surface area contributed by atoms with Gasteiger partial charge in [0.15, 0.2) is 0 Å². The average molecular weight is 374 g/mol. The smallest absolute Gasteiger partial charge is 0.252 e. The molecule has 0 radical (unpaired) electrons. The number of halogens is 1. The number of benzene rings is 1. The summed E-state index contributed by atoms with van der Waals surface area (Å²) in [6.07, 6.45) is 0.873. The van der Waals surface area contributed by atoms with Gasteiger partial charge in [0.1, 0.15) is 0 Å². The molecule has 0 fully saturated rings. The number of nitrogens with one attached hydrogen (secondary N) is 1. The average Bonchev–Trinajstić information content (AvgIpc) is 2.31. The van der Waals surface area contributed by atoms with Crippen LogP contribution in [0.4, 0.5) is 0 Å². The Bertz CT molecular complexity index is 459. The Kier molecular flexibility index (Phi) is 5.80. The number of hydrogen-bond donors (Lipinski definition) is 2. The number of carbonyl (C=O) groups is 1. The second kappa shape index (κ2) is 6.70. The fourth-order valence-electron chi connectivity index (χ4n) is 2.25. The van der Waals surface area contributed by atoms with Gasteiger partial charge in [0.2, 0.25) is 0 Å². The molecule has 0 heterocycles. The minimum atomic E-state index is -0.349. The second-order valence-corrected chi connectivity index (χ2v) is 6.83. The van der Waals surface area contributed by atoms with Crippen molar-refractivity contribution in [3.8, 4) is 0 Å². The molecule has 0 aliphatic heterocycles. The molecule has 0 bridgehead atoms. The van der Waals surface area contributed by atoms with Crippen LogP contribution in [0.25, 0.3) is 0 Å². The highest BCUT2D eigenvalue weighted by molar-refractivity contribution is 14.1. The molecule has 1 rings (SSSR count). The Morgan fingerprint density at radius 1 is 1.47 bits per heavy atom. The van der Waals surface area contributed by atoms with Gasteiger partial charge in [-0.3, -0.25) is 4.79 Å². The Balaban J connectivity index is 2.92. The molecule has 0 aliphatic carbocycles. The third kappa shape index (κ3) is 4.45. The number of carbonyl (C=O) groups excluding carboxylic acids is 1. The van der Waals surface area contributed by atoms with Crippen LogP contribution in [0, 0.1) is 16.4 Å². The van der Waals surface area contributed by atoms with Gasteiger partial charge in [-0.15, -0.1) is 0 Å². The number of hydrogen-bond acceptors (Lipinski definition) is 2. The largest absolute Gasteiger partial charge is 0.346 e. The molecule has 1 unspecified atom stereocenters. The Hall–Kier alpha value is -0.620. The van der Waals surface area contributed by atoms with E-state index in [0.717, 1.165) is 21.1 Å². The highest BCUT2D eigenvalue weighted by atomic mass is 127. The van der Waals surface area contributed by atoms with Crippen molar-refractivity contribution in [3.05, 3.63) is 32.9 Å². The molecule has 1 amide bonds. The molecule has 1 aromatic rings. The Morgan fingerprint density at radius 3 is 2.63 bits per heavy atom. The van der Waals surface area contributed by atoms with E-state index < -0.39 is 0 Å². The lowest BCUT2D eigenvalue weighted by atomic mass is 9.90. The SMILES string of the molecule is Cc1cccc(C(=O)NC(C)(CN)CC(C)C)c1I. The second-order valence-electron chi connectivity index (χ2n) is 5.75. The predicted octanol–water partition coefficient (Wildman–Crippen LogP) is 3.09. The molecule has 1 aromatic carbocycles. The van der Waals surface area contributed by atoms with Crippen LogP contribution in [0.1, 0.15) is 43.1 Å². The highest BCUT2D eigenvalue weighted by Gasteiger charge is 2.27. The molecule has 3 nitrogen and oxygen atoms in total. The maximum atomic E-state index is 12.4. The van der Waals surface area contributed by atoms with Gasteiger partial charge >= 0.3 is 0 Å². The van der Waals surface area contributed by atoms with Crippen molar-refractivity contribution in [3.63, 3.8) is 0 Å². The van der Waals surface area contributed by atoms with Crippen LogP contribution >= 0.6 is 22.6 Å². The van der Waals surface area contributed by atoms with Gasteiger partial charge in [0.05, 0.1) is 5.56 Å². The van der Waals surface area contributed by atoms with Gasteiger partial charge in [-0.2, -0.15) is 0 Å². The molecule has 1 atom stereocenters. The third-order valence-corrected chi connectivity index (χ3v) is 4.59. The molecule has 0 spiro atoms. The summed E-state index contributed by atoms with van der Waals surface area (Å²) in [5.74, 6) is 0.451. The Labute approximate surface area is 129 Å². The molecular formula is C15H23IN2O. The normalized spacial score (nSPS) is 14.3. The number of nitrogens with two attached hydrogens (primary N) is 1. The summed E-state index contributed by atoms with van der Waals surface area (Å²) in [6.45, 7) is 8.73. The van der Waals surface area contributed by atoms with Crippen LogP contribution in [-0.4, -0.2) is 18.0 Å². The van der Waals surface area contributed by atoms with Crippen molar-refractivity contribution in [2.24, 2.45) is 11.7 Å². The van der Waals surface area contributed by atoms with Crippen LogP contribution in [0.15, 0.2) is 18.2 Å². The summed E-state index contributed by atoms with van der Waals surface area (Å²) in [4.78, 5) is 12.4. The molecular weight excluding hydrogens is 351 g/mol. The van der Waals surface area contributed by atoms with Gasteiger partial charge in [-0.05, 0) is 60.4 Å². The van der Waals surface area contributed by atoms with Crippen LogP contribution in [0.3, 0.4) is 0 Å². The monoisotopic (exact) mass is 374 g/mol. The van der Waals surface area contributed by atoms with Gasteiger partial charge in [-0.25, -0.2) is 0 Å². The van der Waals surface area contributed by atoms with Crippen LogP contribution in [0.5, 0.6) is 0 Å². The number of aryl methyl sites for hydroxylation is 1. The maximum absolute atomic E-state index is 12.4. The summed E-state index contributed by atoms with van der Waals surface area (Å²) in [5.41, 5.74) is 7.33. The Morgan fingerprint density at radius 2 is 2.11 bits per heavy atom. The zero-order valence-corrected chi connectivity index (χ0v) is 14.2. The molecule has 0 aliphatic rings. The van der Waals surface area contributed by atoms with Crippen molar-refractivity contribution < 1.29 is 4.79 Å². The number of rotatable bonds is 5. The van der Waals surface area contributed by atoms with Crippen molar-refractivity contribution in [1.82, 2.24) is 5.32 Å². The summed E-state index contributed by atoms with van der Waals surface area (Å²) < 4.78 is 1.00. The van der Waals surface area contributed by atoms with Gasteiger partial charge in [0, 0.05) is 15.7 Å². The highest BCUT2D eigenvalue weighted by Crippen LogP contribution is 2.20. The molecule has 4 heteroatoms. The quantitative estimate of drug-likeness (QED) is 0.779. The fraction of sp³-hybridized carbons (Fsp3) is 0.533. The first-order valence-corrected chi connectivity index (χ1v) is 7.64. The van der Waals surface area contributed by atoms with E-state index in [1.54, 1.807) is 0 Å². The van der Waals surface area contributed by atoms with E-state index in [1.165, 1.54) is 0 Å². The summed E-state index contributed by atoms with van der Waals surface area (Å²) in [5, 5.41) is 3.09. The minimum absolute atomic E-state index is 0.0401. The van der Waals surface area contributed by atoms with Gasteiger partial charge in [0.25, 0.3) is 5.91 Å². The van der Waals surface area contributed by atoms with E-state index in [-0.39, 0.29) is 11.4 Å². The van der Waals surface area contributed by atoms with E-state index in [9.17, 15) is 4.79 Å². The molecule has 0 saturated carbocycles. The van der Waals surface area contributed by atoms with E-state index in [1.807, 2.05) is 32.0 Å². The lowest BCUT2D eigenvalue weighted by Crippen LogP contribution is -2.52. The topological polar surface area (TPSA) is 55.1 Å². The van der Waals surface area contributed by atoms with Crippen molar-refractivity contribution in [1.29, 1.82) is 0 Å². The first kappa shape index (κ1) is 16.4. The van der Waals surface area contributed by atoms with Crippen molar-refractivity contribution >= 4 is 28.5 Å². The molecule has 19 heavy (non-hydrogen) atoms. The van der Waals surface area contributed by atoms with E-state index in [2.05, 4.69) is 41.8 Å². The van der Waals surface area contributed by atoms with Crippen LogP contribution in [0.2, 0.25) is 0 Å². The van der Waals surface area contributed by atoms with Gasteiger partial charge < -0.3 is 11.1 Å². The first-order chi connectivity index (χ1) is 8.79. The van der Waals surface area contributed by atoms with Crippen molar-refractivity contribution in [2.75, 3.05) is 6.54 Å². The summed E-state index contributed by atoms with van der Waals surface area (Å²) in [7, 11) is 0. The molecule has 0 saturated heterocycles. The fourth-order valence-corrected chi connectivity index (χ4v) is 2.86. The number of amides is 1. The zero-order valence-electron chi connectivity index (χ0n) is 12.1. The van der Waals surface area contributed by atoms with Crippen molar-refractivity contribution in [2.45, 2.75) is 39.7 Å². The predicted molar refractivity (Wildman–Crippen MR) is 88.3 cm³/mol. The first-order valence-electron chi connectivity index (χ1n) is 6.57. The molecule has 3 N–H and O–H groups in total. The van der Waals surface area contributed by atoms with Crippen LogP contribution in [-0.2, 0) is 0 Å². The van der Waals surface area contributed by atoms with E-state index >= 15 is 0 Å². The maximum Gasteiger partial charge on any atom is 0.252 e. The lowest BCUT2D eigenvalue weighted by Gasteiger charge is -2.31. The molecule has 0 aromatic heterocycles. The summed E-state index contributed by atoms with van der Waals surface area (Å²) in [6, 6.07) is 5.78.